The van der Waals surface area contributed by atoms with Gasteiger partial charge in [-0.15, -0.1) is 0 Å². The lowest BCUT2D eigenvalue weighted by Crippen LogP contribution is -2.26. The summed E-state index contributed by atoms with van der Waals surface area (Å²) >= 11 is 5.88. The first-order valence-corrected chi connectivity index (χ1v) is 6.16. The maximum atomic E-state index is 12.0. The maximum absolute atomic E-state index is 12.0. The van der Waals surface area contributed by atoms with E-state index in [1.165, 1.54) is 19.1 Å². The molecule has 0 spiro atoms. The molecule has 1 unspecified atom stereocenters. The fraction of sp³-hybridized carbons (Fsp3) is 0.385. The van der Waals surface area contributed by atoms with Crippen LogP contribution in [0.25, 0.3) is 0 Å². The second kappa shape index (κ2) is 5.48. The Morgan fingerprint density at radius 3 is 2.79 bits per heavy atom. The van der Waals surface area contributed by atoms with Crippen molar-refractivity contribution in [2.45, 2.75) is 6.42 Å². The van der Waals surface area contributed by atoms with E-state index in [1.54, 1.807) is 18.2 Å². The summed E-state index contributed by atoms with van der Waals surface area (Å²) in [5.74, 6) is -0.427. The topological polar surface area (TPSA) is 55.8 Å². The number of rotatable bonds is 3. The Morgan fingerprint density at radius 2 is 2.16 bits per heavy atom. The van der Waals surface area contributed by atoms with Gasteiger partial charge in [0.15, 0.2) is 0 Å². The summed E-state index contributed by atoms with van der Waals surface area (Å²) in [6.07, 6.45) is 0.151. The van der Waals surface area contributed by atoms with Crippen molar-refractivity contribution >= 4 is 29.2 Å². The number of amides is 1. The predicted octanol–water partition coefficient (Wildman–Crippen LogP) is 1.87. The first-order chi connectivity index (χ1) is 9.06. The molecule has 2 rings (SSSR count). The highest BCUT2D eigenvalue weighted by atomic mass is 35.5. The van der Waals surface area contributed by atoms with Crippen LogP contribution in [0.4, 0.5) is 5.69 Å². The van der Waals surface area contributed by atoms with Crippen LogP contribution < -0.4 is 9.64 Å². The number of hydrogen-bond donors (Lipinski definition) is 0. The zero-order valence-electron chi connectivity index (χ0n) is 10.7. The second-order valence-corrected chi connectivity index (χ2v) is 4.68. The highest BCUT2D eigenvalue weighted by Crippen LogP contribution is 2.35. The number of ether oxygens (including phenoxy) is 2. The minimum Gasteiger partial charge on any atom is -0.495 e. The van der Waals surface area contributed by atoms with Gasteiger partial charge in [-0.2, -0.15) is 0 Å². The van der Waals surface area contributed by atoms with Crippen LogP contribution in [0.2, 0.25) is 5.02 Å². The highest BCUT2D eigenvalue weighted by Gasteiger charge is 2.36. The molecule has 5 nitrogen and oxygen atoms in total. The number of esters is 1. The van der Waals surface area contributed by atoms with Gasteiger partial charge >= 0.3 is 5.97 Å². The van der Waals surface area contributed by atoms with Gasteiger partial charge in [0.1, 0.15) is 5.75 Å². The Morgan fingerprint density at radius 1 is 1.42 bits per heavy atom. The van der Waals surface area contributed by atoms with E-state index in [1.807, 2.05) is 0 Å². The van der Waals surface area contributed by atoms with Crippen molar-refractivity contribution in [3.63, 3.8) is 0 Å². The van der Waals surface area contributed by atoms with E-state index >= 15 is 0 Å². The van der Waals surface area contributed by atoms with E-state index in [9.17, 15) is 9.59 Å². The average molecular weight is 284 g/mol. The van der Waals surface area contributed by atoms with Gasteiger partial charge in [0.05, 0.1) is 25.8 Å². The van der Waals surface area contributed by atoms with Crippen molar-refractivity contribution in [1.82, 2.24) is 0 Å². The van der Waals surface area contributed by atoms with E-state index < -0.39 is 5.92 Å². The molecule has 1 aliphatic rings. The Hall–Kier alpha value is -1.75. The minimum atomic E-state index is -0.433. The van der Waals surface area contributed by atoms with E-state index in [0.29, 0.717) is 23.0 Å². The Kier molecular flexibility index (Phi) is 3.95. The first-order valence-electron chi connectivity index (χ1n) is 5.78. The molecule has 1 aromatic rings. The fourth-order valence-corrected chi connectivity index (χ4v) is 2.30. The van der Waals surface area contributed by atoms with Crippen LogP contribution >= 0.6 is 11.6 Å². The van der Waals surface area contributed by atoms with E-state index in [0.717, 1.165) is 0 Å². The van der Waals surface area contributed by atoms with E-state index in [-0.39, 0.29) is 18.3 Å². The standard InChI is InChI=1S/C13H14ClNO4/c1-18-11-6-9(14)3-4-10(11)15-7-8(5-12(15)16)13(17)19-2/h3-4,6,8H,5,7H2,1-2H3. The quantitative estimate of drug-likeness (QED) is 0.795. The summed E-state index contributed by atoms with van der Waals surface area (Å²) in [7, 11) is 2.83. The predicted molar refractivity (Wildman–Crippen MR) is 70.5 cm³/mol. The molecule has 0 bridgehead atoms. The largest absolute Gasteiger partial charge is 0.495 e. The molecular formula is C13H14ClNO4. The third kappa shape index (κ3) is 2.66. The number of anilines is 1. The van der Waals surface area contributed by atoms with Crippen molar-refractivity contribution in [2.24, 2.45) is 5.92 Å². The number of carbonyl (C=O) groups excluding carboxylic acids is 2. The van der Waals surface area contributed by atoms with Crippen molar-refractivity contribution in [2.75, 3.05) is 25.7 Å². The van der Waals surface area contributed by atoms with Gasteiger partial charge in [-0.05, 0) is 12.1 Å². The third-order valence-electron chi connectivity index (χ3n) is 3.09. The molecule has 6 heteroatoms. The van der Waals surface area contributed by atoms with Crippen molar-refractivity contribution in [1.29, 1.82) is 0 Å². The highest BCUT2D eigenvalue weighted by molar-refractivity contribution is 6.30. The van der Waals surface area contributed by atoms with Crippen LogP contribution in [-0.4, -0.2) is 32.6 Å². The average Bonchev–Trinajstić information content (AvgIpc) is 2.79. The van der Waals surface area contributed by atoms with Gasteiger partial charge in [0.2, 0.25) is 5.91 Å². The molecule has 1 aromatic carbocycles. The number of methoxy groups -OCH3 is 2. The molecule has 1 heterocycles. The molecule has 0 aliphatic carbocycles. The molecule has 0 radical (unpaired) electrons. The van der Waals surface area contributed by atoms with Crippen LogP contribution in [-0.2, 0) is 14.3 Å². The normalized spacial score (nSPS) is 18.6. The summed E-state index contributed by atoms with van der Waals surface area (Å²) in [5, 5.41) is 0.525. The zero-order chi connectivity index (χ0) is 14.0. The smallest absolute Gasteiger partial charge is 0.311 e. The van der Waals surface area contributed by atoms with Crippen molar-refractivity contribution in [3.8, 4) is 5.75 Å². The third-order valence-corrected chi connectivity index (χ3v) is 3.33. The number of halogens is 1. The van der Waals surface area contributed by atoms with Crippen LogP contribution in [0.3, 0.4) is 0 Å². The van der Waals surface area contributed by atoms with E-state index in [2.05, 4.69) is 4.74 Å². The molecule has 1 amide bonds. The lowest BCUT2D eigenvalue weighted by molar-refractivity contribution is -0.145. The minimum absolute atomic E-state index is 0.129. The number of hydrogen-bond acceptors (Lipinski definition) is 4. The van der Waals surface area contributed by atoms with Gasteiger partial charge in [0, 0.05) is 24.1 Å². The number of benzene rings is 1. The summed E-state index contributed by atoms with van der Waals surface area (Å²) < 4.78 is 9.89. The molecule has 0 aromatic heterocycles. The van der Waals surface area contributed by atoms with Gasteiger partial charge < -0.3 is 14.4 Å². The Balaban J connectivity index is 2.28. The van der Waals surface area contributed by atoms with Crippen LogP contribution in [0.1, 0.15) is 6.42 Å². The van der Waals surface area contributed by atoms with Gasteiger partial charge in [-0.1, -0.05) is 11.6 Å². The molecule has 19 heavy (non-hydrogen) atoms. The SMILES string of the molecule is COC(=O)C1CC(=O)N(c2ccc(Cl)cc2OC)C1. The molecule has 1 atom stereocenters. The Labute approximate surface area is 116 Å². The lowest BCUT2D eigenvalue weighted by atomic mass is 10.1. The van der Waals surface area contributed by atoms with Gasteiger partial charge in [-0.3, -0.25) is 9.59 Å². The zero-order valence-corrected chi connectivity index (χ0v) is 11.4. The molecule has 0 saturated carbocycles. The molecule has 1 aliphatic heterocycles. The summed E-state index contributed by atoms with van der Waals surface area (Å²) in [6, 6.07) is 5.02. The van der Waals surface area contributed by atoms with Crippen LogP contribution in [0, 0.1) is 5.92 Å². The number of nitrogens with zero attached hydrogens (tertiary/aromatic N) is 1. The summed E-state index contributed by atoms with van der Waals surface area (Å²) in [6.45, 7) is 0.295. The fourth-order valence-electron chi connectivity index (χ4n) is 2.14. The molecule has 0 N–H and O–H groups in total. The monoisotopic (exact) mass is 283 g/mol. The second-order valence-electron chi connectivity index (χ2n) is 4.24. The lowest BCUT2D eigenvalue weighted by Gasteiger charge is -2.19. The summed E-state index contributed by atoms with van der Waals surface area (Å²) in [4.78, 5) is 25.0. The molecule has 1 fully saturated rings. The van der Waals surface area contributed by atoms with E-state index in [4.69, 9.17) is 16.3 Å². The van der Waals surface area contributed by atoms with Crippen LogP contribution in [0.15, 0.2) is 18.2 Å². The Bertz CT molecular complexity index is 517. The molecule has 102 valence electrons. The summed E-state index contributed by atoms with van der Waals surface area (Å²) in [5.41, 5.74) is 0.614. The first kappa shape index (κ1) is 13.7. The van der Waals surface area contributed by atoms with Crippen molar-refractivity contribution < 1.29 is 19.1 Å². The number of carbonyl (C=O) groups is 2. The van der Waals surface area contributed by atoms with Gasteiger partial charge in [-0.25, -0.2) is 0 Å². The molecule has 1 saturated heterocycles. The van der Waals surface area contributed by atoms with Gasteiger partial charge in [0.25, 0.3) is 0 Å². The molecular weight excluding hydrogens is 270 g/mol. The van der Waals surface area contributed by atoms with Crippen molar-refractivity contribution in [3.05, 3.63) is 23.2 Å². The maximum Gasteiger partial charge on any atom is 0.311 e. The van der Waals surface area contributed by atoms with Crippen LogP contribution in [0.5, 0.6) is 5.75 Å².